The minimum atomic E-state index is -1.57. The molecule has 2 N–H and O–H groups in total. The normalized spacial score (nSPS) is 31.3. The highest BCUT2D eigenvalue weighted by Crippen LogP contribution is 2.57. The Morgan fingerprint density at radius 2 is 1.81 bits per heavy atom. The maximum atomic E-state index is 9.95. The van der Waals surface area contributed by atoms with E-state index < -0.39 is 5.41 Å². The Morgan fingerprint density at radius 3 is 2.41 bits per heavy atom. The Labute approximate surface area is 163 Å². The minimum Gasteiger partial charge on any atom is -0.399 e. The molecule has 4 rings (SSSR count). The van der Waals surface area contributed by atoms with Gasteiger partial charge < -0.3 is 5.73 Å². The average molecular weight is 376 g/mol. The third-order valence-corrected chi connectivity index (χ3v) is 6.68. The summed E-state index contributed by atoms with van der Waals surface area (Å²) in [6.07, 6.45) is 3.98. The highest BCUT2D eigenvalue weighted by Gasteiger charge is 2.57. The molecule has 4 atom stereocenters. The smallest absolute Gasteiger partial charge is 0.204 e. The minimum absolute atomic E-state index is 0.0707. The molecule has 1 aromatic carbocycles. The molecule has 0 unspecified atom stereocenters. The van der Waals surface area contributed by atoms with Crippen LogP contribution in [0.1, 0.15) is 24.3 Å². The van der Waals surface area contributed by atoms with Crippen LogP contribution in [-0.4, -0.2) is 24.0 Å². The van der Waals surface area contributed by atoms with Crippen LogP contribution in [0.3, 0.4) is 0 Å². The van der Waals surface area contributed by atoms with Crippen molar-refractivity contribution in [3.63, 3.8) is 0 Å². The quantitative estimate of drug-likeness (QED) is 0.759. The largest absolute Gasteiger partial charge is 0.399 e. The number of hydrogen-bond donors (Lipinski definition) is 1. The van der Waals surface area contributed by atoms with E-state index in [2.05, 4.69) is 30.2 Å². The van der Waals surface area contributed by atoms with Gasteiger partial charge in [-0.1, -0.05) is 29.8 Å². The summed E-state index contributed by atoms with van der Waals surface area (Å²) in [6.45, 7) is 0. The first-order chi connectivity index (χ1) is 13.0. The monoisotopic (exact) mass is 375 g/mol. The van der Waals surface area contributed by atoms with Gasteiger partial charge in [0.2, 0.25) is 5.41 Å². The SMILES string of the molecule is CN1[C@@H]2CC[C@@H]1C=C1[C@H]2[C@@H](c2ccc(Cl)cc2)C(C#N)=C(N)C1(C#N)C#N. The summed E-state index contributed by atoms with van der Waals surface area (Å²) < 4.78 is 0. The van der Waals surface area contributed by atoms with Gasteiger partial charge >= 0.3 is 0 Å². The van der Waals surface area contributed by atoms with Crippen molar-refractivity contribution >= 4 is 11.6 Å². The van der Waals surface area contributed by atoms with E-state index in [1.54, 1.807) is 12.1 Å². The van der Waals surface area contributed by atoms with E-state index in [1.165, 1.54) is 0 Å². The second kappa shape index (κ2) is 6.14. The molecule has 6 heteroatoms. The fraction of sp³-hybridized carbons (Fsp3) is 0.381. The van der Waals surface area contributed by atoms with E-state index in [0.29, 0.717) is 10.6 Å². The first-order valence-corrected chi connectivity index (χ1v) is 9.28. The van der Waals surface area contributed by atoms with Gasteiger partial charge in [0.15, 0.2) is 0 Å². The molecular weight excluding hydrogens is 358 g/mol. The van der Waals surface area contributed by atoms with Gasteiger partial charge in [-0.25, -0.2) is 0 Å². The summed E-state index contributed by atoms with van der Waals surface area (Å²) in [7, 11) is 2.07. The number of halogens is 1. The summed E-state index contributed by atoms with van der Waals surface area (Å²) in [4.78, 5) is 2.30. The van der Waals surface area contributed by atoms with Gasteiger partial charge in [0.25, 0.3) is 0 Å². The lowest BCUT2D eigenvalue weighted by Gasteiger charge is -2.48. The maximum Gasteiger partial charge on any atom is 0.204 e. The summed E-state index contributed by atoms with van der Waals surface area (Å²) in [5.41, 5.74) is 6.84. The van der Waals surface area contributed by atoms with Crippen molar-refractivity contribution in [1.29, 1.82) is 15.8 Å². The molecule has 2 heterocycles. The number of nitrogens with zero attached hydrogens (tertiary/aromatic N) is 4. The van der Waals surface area contributed by atoms with Gasteiger partial charge in [-0.2, -0.15) is 15.8 Å². The zero-order chi connectivity index (χ0) is 19.3. The summed E-state index contributed by atoms with van der Waals surface area (Å²) >= 11 is 6.06. The number of hydrogen-bond acceptors (Lipinski definition) is 5. The molecule has 2 aliphatic heterocycles. The van der Waals surface area contributed by atoms with Gasteiger partial charge in [-0.15, -0.1) is 0 Å². The van der Waals surface area contributed by atoms with Crippen LogP contribution >= 0.6 is 11.6 Å². The second-order valence-electron chi connectivity index (χ2n) is 7.47. The molecule has 5 nitrogen and oxygen atoms in total. The molecule has 2 bridgehead atoms. The fourth-order valence-electron chi connectivity index (χ4n) is 5.08. The van der Waals surface area contributed by atoms with Crippen LogP contribution < -0.4 is 5.73 Å². The first-order valence-electron chi connectivity index (χ1n) is 8.90. The van der Waals surface area contributed by atoms with E-state index in [4.69, 9.17) is 17.3 Å². The van der Waals surface area contributed by atoms with Crippen LogP contribution in [0.5, 0.6) is 0 Å². The molecule has 1 fully saturated rings. The van der Waals surface area contributed by atoms with Crippen molar-refractivity contribution in [2.75, 3.05) is 7.05 Å². The van der Waals surface area contributed by atoms with Gasteiger partial charge in [0.1, 0.15) is 0 Å². The van der Waals surface area contributed by atoms with Crippen LogP contribution in [0.15, 0.2) is 47.2 Å². The highest BCUT2D eigenvalue weighted by atomic mass is 35.5. The Hall–Kier alpha value is -2.78. The Morgan fingerprint density at radius 1 is 1.15 bits per heavy atom. The van der Waals surface area contributed by atoms with Gasteiger partial charge in [0.05, 0.1) is 29.5 Å². The zero-order valence-corrected chi connectivity index (χ0v) is 15.6. The molecule has 0 amide bonds. The van der Waals surface area contributed by atoms with Gasteiger partial charge in [-0.05, 0) is 43.2 Å². The molecular formula is C21H18ClN5. The predicted molar refractivity (Wildman–Crippen MR) is 101 cm³/mol. The molecule has 1 aliphatic carbocycles. The van der Waals surface area contributed by atoms with E-state index in [9.17, 15) is 15.8 Å². The molecule has 0 spiro atoms. The third kappa shape index (κ3) is 2.25. The van der Waals surface area contributed by atoms with Crippen LogP contribution in [0, 0.1) is 45.3 Å². The van der Waals surface area contributed by atoms with Crippen molar-refractivity contribution in [2.24, 2.45) is 17.1 Å². The molecule has 134 valence electrons. The van der Waals surface area contributed by atoms with Crippen molar-refractivity contribution in [3.05, 3.63) is 57.8 Å². The number of nitriles is 3. The topological polar surface area (TPSA) is 101 Å². The standard InChI is InChI=1S/C21H18ClN5/c1-27-14-6-7-17(27)19-16(8-14)21(10-24,11-25)20(26)15(9-23)18(19)12-2-4-13(22)5-3-12/h2-5,8,14,17-19H,6-7,26H2,1H3/t14-,17-,18+,19-/m1/s1. The van der Waals surface area contributed by atoms with Crippen LogP contribution in [0.2, 0.25) is 5.02 Å². The fourth-order valence-corrected chi connectivity index (χ4v) is 5.21. The van der Waals surface area contributed by atoms with E-state index in [-0.39, 0.29) is 29.6 Å². The number of benzene rings is 1. The van der Waals surface area contributed by atoms with Crippen LogP contribution in [0.25, 0.3) is 0 Å². The molecule has 0 saturated carbocycles. The highest BCUT2D eigenvalue weighted by molar-refractivity contribution is 6.30. The maximum absolute atomic E-state index is 9.95. The Balaban J connectivity index is 2.03. The van der Waals surface area contributed by atoms with E-state index >= 15 is 0 Å². The van der Waals surface area contributed by atoms with Crippen LogP contribution in [0.4, 0.5) is 0 Å². The molecule has 27 heavy (non-hydrogen) atoms. The number of allylic oxidation sites excluding steroid dienone is 2. The molecule has 3 aliphatic rings. The van der Waals surface area contributed by atoms with Crippen molar-refractivity contribution in [1.82, 2.24) is 4.90 Å². The van der Waals surface area contributed by atoms with Crippen LogP contribution in [-0.2, 0) is 0 Å². The number of likely N-dealkylation sites (N-methyl/N-ethyl adjacent to an activating group) is 1. The lowest BCUT2D eigenvalue weighted by atomic mass is 9.58. The molecule has 1 aromatic rings. The molecule has 0 radical (unpaired) electrons. The molecule has 1 saturated heterocycles. The predicted octanol–water partition coefficient (Wildman–Crippen LogP) is 3.23. The van der Waals surface area contributed by atoms with Gasteiger partial charge in [-0.3, -0.25) is 4.90 Å². The van der Waals surface area contributed by atoms with Crippen molar-refractivity contribution in [2.45, 2.75) is 30.8 Å². The number of nitrogens with two attached hydrogens (primary N) is 1. The second-order valence-corrected chi connectivity index (χ2v) is 7.90. The lowest BCUT2D eigenvalue weighted by molar-refractivity contribution is 0.176. The van der Waals surface area contributed by atoms with Crippen molar-refractivity contribution < 1.29 is 0 Å². The Bertz CT molecular complexity index is 971. The zero-order valence-electron chi connectivity index (χ0n) is 14.9. The third-order valence-electron chi connectivity index (χ3n) is 6.43. The van der Waals surface area contributed by atoms with E-state index in [1.807, 2.05) is 18.2 Å². The number of fused-ring (bicyclic) bond motifs is 4. The first kappa shape index (κ1) is 17.6. The summed E-state index contributed by atoms with van der Waals surface area (Å²) in [5, 5.41) is 30.4. The van der Waals surface area contributed by atoms with Crippen molar-refractivity contribution in [3.8, 4) is 18.2 Å². The molecule has 0 aromatic heterocycles. The average Bonchev–Trinajstić information content (AvgIpc) is 2.91. The summed E-state index contributed by atoms with van der Waals surface area (Å²) in [6, 6.07) is 14.3. The Kier molecular flexibility index (Phi) is 4.01. The van der Waals surface area contributed by atoms with Gasteiger partial charge in [0, 0.05) is 28.9 Å². The number of rotatable bonds is 1. The van der Waals surface area contributed by atoms with E-state index in [0.717, 1.165) is 24.0 Å². The summed E-state index contributed by atoms with van der Waals surface area (Å²) in [5.74, 6) is -0.434. The lowest BCUT2D eigenvalue weighted by Crippen LogP contribution is -2.51.